The van der Waals surface area contributed by atoms with Crippen molar-refractivity contribution >= 4 is 11.6 Å². The van der Waals surface area contributed by atoms with Crippen LogP contribution in [-0.4, -0.2) is 17.0 Å². The molecule has 0 atom stereocenters. The Kier molecular flexibility index (Phi) is 21.5. The molecule has 5 nitrogen and oxygen atoms in total. The van der Waals surface area contributed by atoms with Crippen molar-refractivity contribution in [2.75, 3.05) is 0 Å². The normalized spacial score (nSPS) is 10.0. The van der Waals surface area contributed by atoms with Gasteiger partial charge in [-0.1, -0.05) is 13.8 Å². The zero-order valence-electron chi connectivity index (χ0n) is 9.73. The molecular formula is C10H15O5Ti. The number of carbonyl (C=O) groups is 2. The van der Waals surface area contributed by atoms with E-state index in [9.17, 15) is 19.8 Å². The standard InChI is InChI=1S/2C5H8O2.H2O.Ti/c2*1-4(6)3-5(2)7;;/h2*3,6H,1-2H3;1H2;/q;;;+3/p-3/b2*4-3-;;. The van der Waals surface area contributed by atoms with Crippen LogP contribution in [0, 0.1) is 0 Å². The van der Waals surface area contributed by atoms with Crippen LogP contribution in [-0.2, 0) is 31.3 Å². The first-order valence-electron chi connectivity index (χ1n) is 3.97. The van der Waals surface area contributed by atoms with Gasteiger partial charge in [0.15, 0.2) is 11.6 Å². The molecule has 6 heteroatoms. The number of allylic oxidation sites excluding steroid dienone is 4. The molecule has 0 aliphatic rings. The number of hydrogen-bond acceptors (Lipinski definition) is 5. The summed E-state index contributed by atoms with van der Waals surface area (Å²) in [4.78, 5) is 20.0. The third kappa shape index (κ3) is 38.1. The average Bonchev–Trinajstić information content (AvgIpc) is 1.79. The smallest absolute Gasteiger partial charge is 0.876 e. The van der Waals surface area contributed by atoms with Crippen LogP contribution in [0.5, 0.6) is 0 Å². The molecule has 0 bridgehead atoms. The summed E-state index contributed by atoms with van der Waals surface area (Å²) in [6.45, 7) is 5.39. The Morgan fingerprint density at radius 3 is 1.00 bits per heavy atom. The van der Waals surface area contributed by atoms with Crippen molar-refractivity contribution in [2.45, 2.75) is 27.7 Å². The van der Waals surface area contributed by atoms with Crippen LogP contribution in [0.4, 0.5) is 0 Å². The predicted octanol–water partition coefficient (Wildman–Crippen LogP) is -0.500. The van der Waals surface area contributed by atoms with Crippen LogP contribution < -0.4 is 10.2 Å². The van der Waals surface area contributed by atoms with Crippen LogP contribution in [0.15, 0.2) is 23.7 Å². The maximum absolute atomic E-state index is 9.98. The number of ketones is 2. The molecule has 1 N–H and O–H groups in total. The molecule has 0 aliphatic carbocycles. The van der Waals surface area contributed by atoms with Gasteiger partial charge < -0.3 is 15.7 Å². The number of carbonyl (C=O) groups excluding carboxylic acids is 2. The average molecular weight is 263 g/mol. The molecule has 0 rings (SSSR count). The van der Waals surface area contributed by atoms with Gasteiger partial charge in [0.1, 0.15) is 0 Å². The van der Waals surface area contributed by atoms with Gasteiger partial charge in [0, 0.05) is 0 Å². The second-order valence-corrected chi connectivity index (χ2v) is 2.73. The topological polar surface area (TPSA) is 110 Å². The van der Waals surface area contributed by atoms with Gasteiger partial charge in [0.05, 0.1) is 0 Å². The first-order chi connectivity index (χ1) is 6.25. The van der Waals surface area contributed by atoms with Gasteiger partial charge in [-0.05, 0) is 26.0 Å². The Hall–Kier alpha value is -0.906. The Morgan fingerprint density at radius 1 is 0.812 bits per heavy atom. The van der Waals surface area contributed by atoms with Crippen molar-refractivity contribution in [3.05, 3.63) is 23.7 Å². The van der Waals surface area contributed by atoms with E-state index in [1.807, 2.05) is 0 Å². The fourth-order valence-corrected chi connectivity index (χ4v) is 0.572. The van der Waals surface area contributed by atoms with E-state index in [4.69, 9.17) is 0 Å². The third-order valence-corrected chi connectivity index (χ3v) is 0.813. The quantitative estimate of drug-likeness (QED) is 0.379. The maximum Gasteiger partial charge on any atom is 3.00 e. The van der Waals surface area contributed by atoms with Gasteiger partial charge in [0.25, 0.3) is 0 Å². The molecule has 0 aromatic heterocycles. The van der Waals surface area contributed by atoms with E-state index in [-0.39, 0.29) is 50.3 Å². The Labute approximate surface area is 110 Å². The molecule has 1 radical (unpaired) electrons. The molecule has 0 unspecified atom stereocenters. The van der Waals surface area contributed by atoms with Crippen LogP contribution >= 0.6 is 0 Å². The summed E-state index contributed by atoms with van der Waals surface area (Å²) < 4.78 is 0. The van der Waals surface area contributed by atoms with Crippen molar-refractivity contribution in [1.29, 1.82) is 0 Å². The molecule has 0 aromatic rings. The largest absolute Gasteiger partial charge is 3.00 e. The van der Waals surface area contributed by atoms with E-state index in [0.717, 1.165) is 12.2 Å². The minimum Gasteiger partial charge on any atom is -0.876 e. The summed E-state index contributed by atoms with van der Waals surface area (Å²) in [5.74, 6) is -0.750. The van der Waals surface area contributed by atoms with E-state index >= 15 is 0 Å². The van der Waals surface area contributed by atoms with Gasteiger partial charge in [0.2, 0.25) is 0 Å². The Balaban J connectivity index is -0.0000000800. The molecule has 0 heterocycles. The molecule has 89 valence electrons. The number of rotatable bonds is 2. The van der Waals surface area contributed by atoms with Crippen molar-refractivity contribution in [3.8, 4) is 0 Å². The van der Waals surface area contributed by atoms with E-state index in [1.54, 1.807) is 0 Å². The molecule has 0 aromatic carbocycles. The molecule has 0 spiro atoms. The fraction of sp³-hybridized carbons (Fsp3) is 0.400. The van der Waals surface area contributed by atoms with Crippen LogP contribution in [0.2, 0.25) is 0 Å². The molecule has 16 heavy (non-hydrogen) atoms. The van der Waals surface area contributed by atoms with Crippen molar-refractivity contribution < 1.29 is 47.0 Å². The van der Waals surface area contributed by atoms with E-state index in [0.29, 0.717) is 0 Å². The van der Waals surface area contributed by atoms with Gasteiger partial charge >= 0.3 is 21.7 Å². The SMILES string of the molecule is CC(=O)/C=C(/C)[O-].CC(=O)/C=C(/C)[O-].[OH-].[Ti+3]. The number of hydrogen-bond donors (Lipinski definition) is 0. The van der Waals surface area contributed by atoms with Gasteiger partial charge in [-0.2, -0.15) is 0 Å². The molecule has 0 fully saturated rings. The van der Waals surface area contributed by atoms with Gasteiger partial charge in [-0.25, -0.2) is 0 Å². The molecular weight excluding hydrogens is 248 g/mol. The van der Waals surface area contributed by atoms with E-state index < -0.39 is 0 Å². The minimum absolute atomic E-state index is 0. The fourth-order valence-electron chi connectivity index (χ4n) is 0.572. The first-order valence-corrected chi connectivity index (χ1v) is 3.97. The third-order valence-electron chi connectivity index (χ3n) is 0.813. The summed E-state index contributed by atoms with van der Waals surface area (Å²) in [5.41, 5.74) is 0. The van der Waals surface area contributed by atoms with Crippen molar-refractivity contribution in [2.24, 2.45) is 0 Å². The zero-order chi connectivity index (χ0) is 11.7. The second-order valence-electron chi connectivity index (χ2n) is 2.73. The van der Waals surface area contributed by atoms with Crippen LogP contribution in [0.3, 0.4) is 0 Å². The van der Waals surface area contributed by atoms with Gasteiger partial charge in [-0.15, -0.1) is 11.5 Å². The molecule has 0 saturated heterocycles. The summed E-state index contributed by atoms with van der Waals surface area (Å²) in [6.07, 6.45) is 2.11. The van der Waals surface area contributed by atoms with Gasteiger partial charge in [-0.3, -0.25) is 9.59 Å². The Bertz CT molecular complexity index is 232. The first kappa shape index (κ1) is 24.4. The van der Waals surface area contributed by atoms with Crippen molar-refractivity contribution in [1.82, 2.24) is 0 Å². The van der Waals surface area contributed by atoms with E-state index in [2.05, 4.69) is 0 Å². The zero-order valence-corrected chi connectivity index (χ0v) is 11.3. The van der Waals surface area contributed by atoms with Crippen LogP contribution in [0.1, 0.15) is 27.7 Å². The Morgan fingerprint density at radius 2 is 1.00 bits per heavy atom. The summed E-state index contributed by atoms with van der Waals surface area (Å²) in [5, 5.41) is 20.0. The molecule has 0 amide bonds. The van der Waals surface area contributed by atoms with E-state index in [1.165, 1.54) is 27.7 Å². The molecule has 0 aliphatic heterocycles. The second kappa shape index (κ2) is 14.1. The van der Waals surface area contributed by atoms with Crippen molar-refractivity contribution in [3.63, 3.8) is 0 Å². The molecule has 0 saturated carbocycles. The summed E-state index contributed by atoms with van der Waals surface area (Å²) >= 11 is 0. The summed E-state index contributed by atoms with van der Waals surface area (Å²) in [7, 11) is 0. The predicted molar refractivity (Wildman–Crippen MR) is 50.8 cm³/mol. The maximum atomic E-state index is 9.98. The monoisotopic (exact) mass is 263 g/mol. The summed E-state index contributed by atoms with van der Waals surface area (Å²) in [6, 6.07) is 0. The van der Waals surface area contributed by atoms with Crippen LogP contribution in [0.25, 0.3) is 0 Å². The minimum atomic E-state index is -0.187.